The molecule has 1 unspecified atom stereocenters. The van der Waals surface area contributed by atoms with E-state index in [4.69, 9.17) is 9.47 Å². The number of aliphatic hydroxyl groups is 1. The summed E-state index contributed by atoms with van der Waals surface area (Å²) in [6, 6.07) is 0. The van der Waals surface area contributed by atoms with Gasteiger partial charge in [-0.25, -0.2) is 0 Å². The molecule has 0 aromatic heterocycles. The molecule has 0 heterocycles. The number of hydrogen-bond donors (Lipinski definition) is 1. The van der Waals surface area contributed by atoms with E-state index in [9.17, 15) is 14.7 Å². The van der Waals surface area contributed by atoms with Gasteiger partial charge in [0.25, 0.3) is 0 Å². The molecule has 0 rings (SSSR count). The number of hydrogen-bond acceptors (Lipinski definition) is 5. The molecule has 382 valence electrons. The van der Waals surface area contributed by atoms with E-state index in [0.29, 0.717) is 12.8 Å². The average Bonchev–Trinajstić information content (AvgIpc) is 3.33. The smallest absolute Gasteiger partial charge is 0.306 e. The number of esters is 2. The van der Waals surface area contributed by atoms with Gasteiger partial charge in [-0.1, -0.05) is 245 Å². The summed E-state index contributed by atoms with van der Waals surface area (Å²) >= 11 is 0. The molecule has 1 N–H and O–H groups in total. The zero-order valence-corrected chi connectivity index (χ0v) is 43.6. The van der Waals surface area contributed by atoms with E-state index in [0.717, 1.165) is 96.3 Å². The van der Waals surface area contributed by atoms with Crippen molar-refractivity contribution in [1.82, 2.24) is 0 Å². The van der Waals surface area contributed by atoms with Gasteiger partial charge in [-0.05, 0) is 103 Å². The zero-order valence-electron chi connectivity index (χ0n) is 43.6. The predicted molar refractivity (Wildman–Crippen MR) is 292 cm³/mol. The third-order valence-corrected chi connectivity index (χ3v) is 11.8. The first kappa shape index (κ1) is 63.6. The lowest BCUT2D eigenvalue weighted by Crippen LogP contribution is -2.28. The normalized spacial score (nSPS) is 13.1. The number of carbonyl (C=O) groups is 2. The van der Waals surface area contributed by atoms with Crippen LogP contribution in [0.2, 0.25) is 0 Å². The summed E-state index contributed by atoms with van der Waals surface area (Å²) in [6.07, 6.45) is 81.9. The molecule has 0 saturated heterocycles. The standard InChI is InChI=1S/C62H104O5/c1-3-5-7-9-11-13-15-17-19-21-23-24-25-26-27-28-29-30-31-32-33-34-35-36-37-38-39-41-43-45-47-49-51-53-55-57-62(65)67-60(58-63)59-66-61(64)56-54-52-50-48-46-44-42-40-22-20-18-16-14-12-10-8-6-4-2/h5,7,11,13-14,16-17,19-20,22-24,26-27,29-30,32-33,60,63H,3-4,6,8-10,12,15,18,21,25,28,31,34-59H2,1-2H3/b7-5-,13-11-,16-14-,19-17-,22-20-,24-23-,27-26-,30-29-,33-32-. The Hall–Kier alpha value is -3.44. The van der Waals surface area contributed by atoms with Gasteiger partial charge in [0.15, 0.2) is 6.10 Å². The number of ether oxygens (including phenoxy) is 2. The second-order valence-corrected chi connectivity index (χ2v) is 18.3. The van der Waals surface area contributed by atoms with E-state index in [2.05, 4.69) is 123 Å². The van der Waals surface area contributed by atoms with Gasteiger partial charge in [0, 0.05) is 12.8 Å². The van der Waals surface area contributed by atoms with Crippen molar-refractivity contribution in [3.05, 3.63) is 109 Å². The highest BCUT2D eigenvalue weighted by Crippen LogP contribution is 2.15. The van der Waals surface area contributed by atoms with Crippen LogP contribution in [0.5, 0.6) is 0 Å². The third kappa shape index (κ3) is 55.0. The Balaban J connectivity index is 3.53. The predicted octanol–water partition coefficient (Wildman–Crippen LogP) is 18.9. The first-order valence-corrected chi connectivity index (χ1v) is 27.9. The highest BCUT2D eigenvalue weighted by Gasteiger charge is 2.16. The van der Waals surface area contributed by atoms with Gasteiger partial charge in [0.05, 0.1) is 6.61 Å². The molecule has 0 bridgehead atoms. The highest BCUT2D eigenvalue weighted by molar-refractivity contribution is 5.70. The molecule has 0 aliphatic heterocycles. The first-order valence-electron chi connectivity index (χ1n) is 27.9. The Bertz CT molecular complexity index is 1330. The van der Waals surface area contributed by atoms with E-state index < -0.39 is 6.10 Å². The van der Waals surface area contributed by atoms with Gasteiger partial charge in [-0.15, -0.1) is 0 Å². The van der Waals surface area contributed by atoms with E-state index >= 15 is 0 Å². The molecule has 0 radical (unpaired) electrons. The molecule has 0 aromatic carbocycles. The monoisotopic (exact) mass is 929 g/mol. The second-order valence-electron chi connectivity index (χ2n) is 18.3. The fourth-order valence-electron chi connectivity index (χ4n) is 7.62. The molecule has 0 aliphatic rings. The van der Waals surface area contributed by atoms with Crippen molar-refractivity contribution >= 4 is 11.9 Å². The van der Waals surface area contributed by atoms with Crippen LogP contribution in [0.1, 0.15) is 251 Å². The molecule has 5 nitrogen and oxygen atoms in total. The van der Waals surface area contributed by atoms with Gasteiger partial charge in [0.2, 0.25) is 0 Å². The fourth-order valence-corrected chi connectivity index (χ4v) is 7.62. The topological polar surface area (TPSA) is 72.8 Å². The van der Waals surface area contributed by atoms with Crippen molar-refractivity contribution in [3.8, 4) is 0 Å². The van der Waals surface area contributed by atoms with Crippen molar-refractivity contribution in [2.24, 2.45) is 0 Å². The lowest BCUT2D eigenvalue weighted by atomic mass is 10.0. The molecule has 1 atom stereocenters. The molecular formula is C62H104O5. The van der Waals surface area contributed by atoms with E-state index in [1.165, 1.54) is 128 Å². The highest BCUT2D eigenvalue weighted by atomic mass is 16.6. The van der Waals surface area contributed by atoms with Crippen LogP contribution in [0, 0.1) is 0 Å². The van der Waals surface area contributed by atoms with Crippen LogP contribution in [0.3, 0.4) is 0 Å². The Labute approximate surface area is 414 Å². The van der Waals surface area contributed by atoms with Crippen molar-refractivity contribution in [3.63, 3.8) is 0 Å². The Kier molecular flexibility index (Phi) is 54.0. The van der Waals surface area contributed by atoms with Crippen LogP contribution >= 0.6 is 0 Å². The molecule has 0 amide bonds. The Morgan fingerprint density at radius 1 is 0.358 bits per heavy atom. The minimum Gasteiger partial charge on any atom is -0.462 e. The van der Waals surface area contributed by atoms with Crippen LogP contribution in [0.15, 0.2) is 109 Å². The number of aliphatic hydroxyl groups excluding tert-OH is 1. The van der Waals surface area contributed by atoms with Crippen molar-refractivity contribution in [1.29, 1.82) is 0 Å². The quantitative estimate of drug-likeness (QED) is 0.0374. The molecule has 0 fully saturated rings. The van der Waals surface area contributed by atoms with Crippen LogP contribution in [-0.4, -0.2) is 36.4 Å². The average molecular weight is 930 g/mol. The minimum absolute atomic E-state index is 0.0741. The molecule has 67 heavy (non-hydrogen) atoms. The number of rotatable bonds is 50. The third-order valence-electron chi connectivity index (χ3n) is 11.8. The lowest BCUT2D eigenvalue weighted by Gasteiger charge is -2.15. The number of carbonyl (C=O) groups excluding carboxylic acids is 2. The van der Waals surface area contributed by atoms with Crippen LogP contribution < -0.4 is 0 Å². The van der Waals surface area contributed by atoms with Crippen LogP contribution in [0.4, 0.5) is 0 Å². The summed E-state index contributed by atoms with van der Waals surface area (Å²) in [6.45, 7) is 4.01. The summed E-state index contributed by atoms with van der Waals surface area (Å²) in [4.78, 5) is 24.5. The second kappa shape index (κ2) is 56.9. The molecule has 5 heteroatoms. The fraction of sp³-hybridized carbons (Fsp3) is 0.677. The van der Waals surface area contributed by atoms with Crippen LogP contribution in [0.25, 0.3) is 0 Å². The van der Waals surface area contributed by atoms with Gasteiger partial charge < -0.3 is 14.6 Å². The number of unbranched alkanes of at least 4 members (excludes halogenated alkanes) is 24. The molecule has 0 spiro atoms. The Morgan fingerprint density at radius 3 is 0.970 bits per heavy atom. The molecule has 0 saturated carbocycles. The van der Waals surface area contributed by atoms with E-state index in [-0.39, 0.29) is 25.2 Å². The SMILES string of the molecule is CC/C=C\C/C=C\C/C=C\C/C=C\C/C=C\C/C=C\C/C=C\CCCCCCCCCCCCCCCC(=O)OC(CO)COC(=O)CCCCCCCCC/C=C\C/C=C\CCCCCC. The van der Waals surface area contributed by atoms with Gasteiger partial charge in [0.1, 0.15) is 6.61 Å². The van der Waals surface area contributed by atoms with E-state index in [1.54, 1.807) is 0 Å². The molecular weight excluding hydrogens is 825 g/mol. The van der Waals surface area contributed by atoms with Crippen LogP contribution in [-0.2, 0) is 19.1 Å². The van der Waals surface area contributed by atoms with Crippen molar-refractivity contribution in [2.75, 3.05) is 13.2 Å². The first-order chi connectivity index (χ1) is 33.1. The molecule has 0 aromatic rings. The number of allylic oxidation sites excluding steroid dienone is 18. The minimum atomic E-state index is -0.782. The maximum absolute atomic E-state index is 12.3. The van der Waals surface area contributed by atoms with Crippen molar-refractivity contribution < 1.29 is 24.2 Å². The summed E-state index contributed by atoms with van der Waals surface area (Å²) in [7, 11) is 0. The maximum atomic E-state index is 12.3. The summed E-state index contributed by atoms with van der Waals surface area (Å²) in [5, 5.41) is 9.64. The summed E-state index contributed by atoms with van der Waals surface area (Å²) < 4.78 is 10.7. The Morgan fingerprint density at radius 2 is 0.642 bits per heavy atom. The van der Waals surface area contributed by atoms with E-state index in [1.807, 2.05) is 0 Å². The maximum Gasteiger partial charge on any atom is 0.306 e. The molecule has 0 aliphatic carbocycles. The summed E-state index contributed by atoms with van der Waals surface area (Å²) in [5.74, 6) is -0.601. The van der Waals surface area contributed by atoms with Gasteiger partial charge >= 0.3 is 11.9 Å². The summed E-state index contributed by atoms with van der Waals surface area (Å²) in [5.41, 5.74) is 0. The van der Waals surface area contributed by atoms with Gasteiger partial charge in [-0.3, -0.25) is 9.59 Å². The zero-order chi connectivity index (χ0) is 48.5. The van der Waals surface area contributed by atoms with Gasteiger partial charge in [-0.2, -0.15) is 0 Å². The largest absolute Gasteiger partial charge is 0.462 e. The lowest BCUT2D eigenvalue weighted by molar-refractivity contribution is -0.161. The van der Waals surface area contributed by atoms with Crippen molar-refractivity contribution in [2.45, 2.75) is 258 Å².